The second-order valence-electron chi connectivity index (χ2n) is 7.80. The number of anilines is 2. The molecular formula is C26H24N4O3. The highest BCUT2D eigenvalue weighted by Crippen LogP contribution is 2.23. The number of benzene rings is 3. The Kier molecular flexibility index (Phi) is 6.12. The molecule has 1 aromatic heterocycles. The summed E-state index contributed by atoms with van der Waals surface area (Å²) in [5, 5.41) is 13.8. The zero-order valence-electron chi connectivity index (χ0n) is 18.1. The molecule has 1 saturated heterocycles. The van der Waals surface area contributed by atoms with Crippen molar-refractivity contribution in [1.29, 1.82) is 0 Å². The number of fused-ring (bicyclic) bond motifs is 1. The molecule has 7 nitrogen and oxygen atoms in total. The fourth-order valence-electron chi connectivity index (χ4n) is 3.80. The fraction of sp³-hybridized carbons (Fsp3) is 0.192. The van der Waals surface area contributed by atoms with Crippen LogP contribution in [0.1, 0.15) is 0 Å². The molecule has 0 saturated carbocycles. The number of carbonyl (C=O) groups is 1. The number of hydrogen-bond acceptors (Lipinski definition) is 6. The summed E-state index contributed by atoms with van der Waals surface area (Å²) in [5.74, 6) is 1.28. The first-order chi connectivity index (χ1) is 16.2. The van der Waals surface area contributed by atoms with Crippen LogP contribution in [0.3, 0.4) is 0 Å². The third kappa shape index (κ3) is 5.10. The summed E-state index contributed by atoms with van der Waals surface area (Å²) in [7, 11) is 0. The first-order valence-electron chi connectivity index (χ1n) is 10.9. The van der Waals surface area contributed by atoms with Crippen LogP contribution in [-0.4, -0.2) is 49.0 Å². The predicted molar refractivity (Wildman–Crippen MR) is 129 cm³/mol. The number of aromatic nitrogens is 2. The van der Waals surface area contributed by atoms with E-state index in [9.17, 15) is 4.79 Å². The van der Waals surface area contributed by atoms with Crippen molar-refractivity contribution in [3.05, 3.63) is 78.9 Å². The summed E-state index contributed by atoms with van der Waals surface area (Å²) in [6.07, 6.45) is 0. The van der Waals surface area contributed by atoms with Crippen LogP contribution in [0.2, 0.25) is 0 Å². The number of nitrogens with zero attached hydrogens (tertiary/aromatic N) is 3. The minimum absolute atomic E-state index is 0.0728. The molecule has 1 aliphatic rings. The van der Waals surface area contributed by atoms with Gasteiger partial charge in [-0.1, -0.05) is 42.5 Å². The van der Waals surface area contributed by atoms with Crippen molar-refractivity contribution in [2.45, 2.75) is 0 Å². The maximum atomic E-state index is 12.4. The van der Waals surface area contributed by atoms with Gasteiger partial charge in [-0.05, 0) is 47.2 Å². The Balaban J connectivity index is 1.21. The summed E-state index contributed by atoms with van der Waals surface area (Å²) in [5.41, 5.74) is 2.30. The van der Waals surface area contributed by atoms with Crippen LogP contribution < -0.4 is 15.0 Å². The van der Waals surface area contributed by atoms with E-state index in [0.717, 1.165) is 40.9 Å². The molecule has 0 aliphatic carbocycles. The lowest BCUT2D eigenvalue weighted by Crippen LogP contribution is -2.36. The van der Waals surface area contributed by atoms with Crippen molar-refractivity contribution >= 4 is 28.2 Å². The van der Waals surface area contributed by atoms with Crippen molar-refractivity contribution < 1.29 is 14.3 Å². The molecule has 1 amide bonds. The van der Waals surface area contributed by atoms with Crippen LogP contribution in [0.15, 0.2) is 78.9 Å². The molecule has 166 valence electrons. The lowest BCUT2D eigenvalue weighted by Gasteiger charge is -2.27. The summed E-state index contributed by atoms with van der Waals surface area (Å²) >= 11 is 0. The first-order valence-corrected chi connectivity index (χ1v) is 10.9. The Morgan fingerprint density at radius 3 is 2.58 bits per heavy atom. The molecule has 2 heterocycles. The predicted octanol–water partition coefficient (Wildman–Crippen LogP) is 4.15. The maximum Gasteiger partial charge on any atom is 0.262 e. The van der Waals surface area contributed by atoms with E-state index in [1.165, 1.54) is 0 Å². The number of carbonyl (C=O) groups excluding carboxylic acids is 1. The average molecular weight is 441 g/mol. The third-order valence-electron chi connectivity index (χ3n) is 5.52. The zero-order valence-corrected chi connectivity index (χ0v) is 18.1. The van der Waals surface area contributed by atoms with Crippen LogP contribution in [-0.2, 0) is 9.53 Å². The Morgan fingerprint density at radius 2 is 1.76 bits per heavy atom. The summed E-state index contributed by atoms with van der Waals surface area (Å²) < 4.78 is 11.1. The smallest absolute Gasteiger partial charge is 0.262 e. The maximum absolute atomic E-state index is 12.4. The van der Waals surface area contributed by atoms with E-state index in [1.54, 1.807) is 0 Å². The van der Waals surface area contributed by atoms with Gasteiger partial charge in [0.25, 0.3) is 5.91 Å². The normalized spacial score (nSPS) is 13.6. The van der Waals surface area contributed by atoms with Gasteiger partial charge in [0.1, 0.15) is 5.75 Å². The van der Waals surface area contributed by atoms with Gasteiger partial charge in [-0.2, -0.15) is 0 Å². The minimum Gasteiger partial charge on any atom is -0.484 e. The Bertz CT molecular complexity index is 1250. The summed E-state index contributed by atoms with van der Waals surface area (Å²) in [6, 6.07) is 25.3. The molecule has 1 fully saturated rings. The van der Waals surface area contributed by atoms with Gasteiger partial charge in [0.2, 0.25) is 0 Å². The molecule has 1 N–H and O–H groups in total. The van der Waals surface area contributed by atoms with Crippen LogP contribution in [0.5, 0.6) is 5.75 Å². The van der Waals surface area contributed by atoms with Gasteiger partial charge in [0, 0.05) is 24.3 Å². The van der Waals surface area contributed by atoms with Crippen molar-refractivity contribution in [3.8, 4) is 17.0 Å². The Hall–Kier alpha value is -3.97. The molecule has 0 unspecified atom stereocenters. The molecule has 4 aromatic rings. The van der Waals surface area contributed by atoms with Crippen LogP contribution in [0.25, 0.3) is 22.0 Å². The quantitative estimate of drug-likeness (QED) is 0.485. The lowest BCUT2D eigenvalue weighted by molar-refractivity contribution is -0.118. The average Bonchev–Trinajstić information content (AvgIpc) is 2.88. The molecule has 3 aromatic carbocycles. The highest BCUT2D eigenvalue weighted by Gasteiger charge is 2.13. The largest absolute Gasteiger partial charge is 0.484 e. The van der Waals surface area contributed by atoms with Gasteiger partial charge >= 0.3 is 0 Å². The van der Waals surface area contributed by atoms with E-state index in [2.05, 4.69) is 20.4 Å². The molecule has 0 spiro atoms. The van der Waals surface area contributed by atoms with E-state index in [4.69, 9.17) is 9.47 Å². The zero-order chi connectivity index (χ0) is 22.5. The molecule has 7 heteroatoms. The van der Waals surface area contributed by atoms with Gasteiger partial charge in [0.05, 0.1) is 18.9 Å². The number of ether oxygens (including phenoxy) is 2. The molecule has 0 radical (unpaired) electrons. The van der Waals surface area contributed by atoms with E-state index in [1.807, 2.05) is 78.9 Å². The van der Waals surface area contributed by atoms with Crippen molar-refractivity contribution in [1.82, 2.24) is 10.2 Å². The van der Waals surface area contributed by atoms with E-state index in [0.29, 0.717) is 24.7 Å². The van der Waals surface area contributed by atoms with E-state index in [-0.39, 0.29) is 12.5 Å². The molecular weight excluding hydrogens is 416 g/mol. The van der Waals surface area contributed by atoms with Gasteiger partial charge in [-0.3, -0.25) is 4.79 Å². The van der Waals surface area contributed by atoms with Gasteiger partial charge in [0.15, 0.2) is 12.4 Å². The van der Waals surface area contributed by atoms with Gasteiger partial charge in [-0.25, -0.2) is 0 Å². The summed E-state index contributed by atoms with van der Waals surface area (Å²) in [6.45, 7) is 2.97. The third-order valence-corrected chi connectivity index (χ3v) is 5.52. The monoisotopic (exact) mass is 440 g/mol. The molecule has 5 rings (SSSR count). The number of amides is 1. The van der Waals surface area contributed by atoms with Crippen LogP contribution >= 0.6 is 0 Å². The van der Waals surface area contributed by atoms with Crippen molar-refractivity contribution in [2.24, 2.45) is 0 Å². The van der Waals surface area contributed by atoms with Crippen LogP contribution in [0, 0.1) is 0 Å². The van der Waals surface area contributed by atoms with Crippen LogP contribution in [0.4, 0.5) is 11.5 Å². The second kappa shape index (κ2) is 9.67. The van der Waals surface area contributed by atoms with Gasteiger partial charge in [-0.15, -0.1) is 10.2 Å². The van der Waals surface area contributed by atoms with E-state index < -0.39 is 0 Å². The first kappa shape index (κ1) is 20.9. The standard InChI is InChI=1S/C26H24N4O3/c31-26(18-33-23-9-8-19-4-1-2-5-20(19)17-23)27-22-7-3-6-21(16-22)24-10-11-25(29-28-24)30-12-14-32-15-13-30/h1-11,16-17H,12-15,18H2,(H,27,31). The van der Waals surface area contributed by atoms with Crippen molar-refractivity contribution in [3.63, 3.8) is 0 Å². The Morgan fingerprint density at radius 1 is 0.909 bits per heavy atom. The van der Waals surface area contributed by atoms with Gasteiger partial charge < -0.3 is 19.7 Å². The molecule has 0 bridgehead atoms. The Labute approximate surface area is 192 Å². The SMILES string of the molecule is O=C(COc1ccc2ccccc2c1)Nc1cccc(-c2ccc(N3CCOCC3)nn2)c1. The second-order valence-corrected chi connectivity index (χ2v) is 7.80. The van der Waals surface area contributed by atoms with E-state index >= 15 is 0 Å². The molecule has 1 aliphatic heterocycles. The molecule has 0 atom stereocenters. The highest BCUT2D eigenvalue weighted by molar-refractivity contribution is 5.92. The topological polar surface area (TPSA) is 76.6 Å². The minimum atomic E-state index is -0.228. The molecule has 33 heavy (non-hydrogen) atoms. The number of rotatable bonds is 6. The number of nitrogens with one attached hydrogen (secondary N) is 1. The number of morpholine rings is 1. The van der Waals surface area contributed by atoms with Crippen molar-refractivity contribution in [2.75, 3.05) is 43.1 Å². The summed E-state index contributed by atoms with van der Waals surface area (Å²) in [4.78, 5) is 14.6. The lowest BCUT2D eigenvalue weighted by atomic mass is 10.1. The fourth-order valence-corrected chi connectivity index (χ4v) is 3.80. The highest BCUT2D eigenvalue weighted by atomic mass is 16.5. The number of hydrogen-bond donors (Lipinski definition) is 1.